The van der Waals surface area contributed by atoms with Gasteiger partial charge in [0.05, 0.1) is 35.5 Å². The lowest BCUT2D eigenvalue weighted by molar-refractivity contribution is 0.132. The minimum absolute atomic E-state index is 0.0463. The van der Waals surface area contributed by atoms with Gasteiger partial charge in [-0.15, -0.1) is 0 Å². The van der Waals surface area contributed by atoms with Crippen molar-refractivity contribution in [3.8, 4) is 17.5 Å². The van der Waals surface area contributed by atoms with Crippen molar-refractivity contribution in [3.63, 3.8) is 0 Å². The molecule has 0 unspecified atom stereocenters. The minimum Gasteiger partial charge on any atom is -0.490 e. The van der Waals surface area contributed by atoms with Crippen LogP contribution in [-0.4, -0.2) is 43.7 Å². The van der Waals surface area contributed by atoms with Crippen LogP contribution in [0.25, 0.3) is 0 Å². The van der Waals surface area contributed by atoms with Crippen molar-refractivity contribution >= 4 is 21.6 Å². The smallest absolute Gasteiger partial charge is 0.316 e. The Bertz CT molecular complexity index is 947. The van der Waals surface area contributed by atoms with Crippen LogP contribution in [0.1, 0.15) is 32.1 Å². The fourth-order valence-electron chi connectivity index (χ4n) is 3.41. The summed E-state index contributed by atoms with van der Waals surface area (Å²) in [6, 6.07) is 4.84. The predicted octanol–water partition coefficient (Wildman–Crippen LogP) is 2.96. The Balaban J connectivity index is 1.35. The number of nitrogens with zero attached hydrogens (tertiary/aromatic N) is 2. The Morgan fingerprint density at radius 2 is 1.72 bits per heavy atom. The topological polar surface area (TPSA) is 99.6 Å². The lowest BCUT2D eigenvalue weighted by atomic mass is 9.94. The SMILES string of the molecule is O=S(=O)(NC1CCC(Oc2ncc(Cl)cn2)CC1)c1ccc2c(c1)OCCCO2. The van der Waals surface area contributed by atoms with Crippen LogP contribution >= 0.6 is 11.6 Å². The summed E-state index contributed by atoms with van der Waals surface area (Å²) < 4.78 is 45.3. The Hall–Kier alpha value is -2.10. The molecule has 156 valence electrons. The van der Waals surface area contributed by atoms with Gasteiger partial charge >= 0.3 is 6.01 Å². The molecule has 1 aliphatic carbocycles. The number of hydrogen-bond donors (Lipinski definition) is 1. The van der Waals surface area contributed by atoms with Crippen LogP contribution in [0, 0.1) is 0 Å². The molecule has 1 aromatic carbocycles. The van der Waals surface area contributed by atoms with Crippen LogP contribution in [0.5, 0.6) is 17.5 Å². The highest BCUT2D eigenvalue weighted by molar-refractivity contribution is 7.89. The van der Waals surface area contributed by atoms with Gasteiger partial charge in [-0.1, -0.05) is 11.6 Å². The maximum Gasteiger partial charge on any atom is 0.316 e. The van der Waals surface area contributed by atoms with E-state index in [1.54, 1.807) is 12.1 Å². The van der Waals surface area contributed by atoms with Gasteiger partial charge in [-0.3, -0.25) is 0 Å². The Kier molecular flexibility index (Phi) is 6.07. The molecule has 1 fully saturated rings. The third kappa shape index (κ3) is 5.09. The number of fused-ring (bicyclic) bond motifs is 1. The standard InChI is InChI=1S/C19H22ClN3O5S/c20-13-11-21-19(22-12-13)28-15-4-2-14(3-5-15)23-29(24,25)16-6-7-17-18(10-16)27-9-1-8-26-17/h6-7,10-12,14-15,23H,1-5,8-9H2. The number of aromatic nitrogens is 2. The van der Waals surface area contributed by atoms with Crippen LogP contribution in [-0.2, 0) is 10.0 Å². The third-order valence-electron chi connectivity index (χ3n) is 4.89. The molecule has 1 aromatic heterocycles. The van der Waals surface area contributed by atoms with E-state index >= 15 is 0 Å². The molecule has 0 radical (unpaired) electrons. The van der Waals surface area contributed by atoms with Gasteiger partial charge in [-0.25, -0.2) is 23.1 Å². The van der Waals surface area contributed by atoms with E-state index in [0.29, 0.717) is 55.4 Å². The molecule has 1 N–H and O–H groups in total. The lowest BCUT2D eigenvalue weighted by Crippen LogP contribution is -2.39. The zero-order chi connectivity index (χ0) is 20.3. The van der Waals surface area contributed by atoms with E-state index in [2.05, 4.69) is 14.7 Å². The highest BCUT2D eigenvalue weighted by atomic mass is 35.5. The molecule has 1 aliphatic heterocycles. The Morgan fingerprint density at radius 3 is 2.45 bits per heavy atom. The van der Waals surface area contributed by atoms with E-state index in [0.717, 1.165) is 6.42 Å². The molecular formula is C19H22ClN3O5S. The van der Waals surface area contributed by atoms with E-state index in [4.69, 9.17) is 25.8 Å². The second kappa shape index (κ2) is 8.73. The number of nitrogens with one attached hydrogen (secondary N) is 1. The molecule has 0 bridgehead atoms. The monoisotopic (exact) mass is 439 g/mol. The van der Waals surface area contributed by atoms with Crippen molar-refractivity contribution in [1.82, 2.24) is 14.7 Å². The quantitative estimate of drug-likeness (QED) is 0.764. The van der Waals surface area contributed by atoms with Crippen LogP contribution in [0.2, 0.25) is 5.02 Å². The first-order valence-corrected chi connectivity index (χ1v) is 11.4. The molecule has 10 heteroatoms. The fraction of sp³-hybridized carbons (Fsp3) is 0.474. The van der Waals surface area contributed by atoms with Crippen molar-refractivity contribution < 1.29 is 22.6 Å². The summed E-state index contributed by atoms with van der Waals surface area (Å²) in [6.07, 6.45) is 6.44. The van der Waals surface area contributed by atoms with E-state index in [9.17, 15) is 8.42 Å². The van der Waals surface area contributed by atoms with Crippen molar-refractivity contribution in [3.05, 3.63) is 35.6 Å². The van der Waals surface area contributed by atoms with E-state index in [1.807, 2.05) is 0 Å². The summed E-state index contributed by atoms with van der Waals surface area (Å²) in [7, 11) is -3.65. The van der Waals surface area contributed by atoms with Gasteiger partial charge in [0.25, 0.3) is 0 Å². The highest BCUT2D eigenvalue weighted by Crippen LogP contribution is 2.32. The second-order valence-corrected chi connectivity index (χ2v) is 9.21. The molecule has 2 aliphatic rings. The molecule has 0 spiro atoms. The highest BCUT2D eigenvalue weighted by Gasteiger charge is 2.28. The van der Waals surface area contributed by atoms with Gasteiger partial charge < -0.3 is 14.2 Å². The first-order chi connectivity index (χ1) is 14.0. The average Bonchev–Trinajstić information content (AvgIpc) is 2.96. The molecule has 4 rings (SSSR count). The first-order valence-electron chi connectivity index (χ1n) is 9.56. The van der Waals surface area contributed by atoms with Gasteiger partial charge in [-0.2, -0.15) is 0 Å². The van der Waals surface area contributed by atoms with Crippen molar-refractivity contribution in [2.45, 2.75) is 49.1 Å². The van der Waals surface area contributed by atoms with Crippen molar-refractivity contribution in [1.29, 1.82) is 0 Å². The molecule has 2 heterocycles. The number of ether oxygens (including phenoxy) is 3. The fourth-order valence-corrected chi connectivity index (χ4v) is 4.82. The molecule has 0 amide bonds. The van der Waals surface area contributed by atoms with Gasteiger partial charge in [0.2, 0.25) is 10.0 Å². The average molecular weight is 440 g/mol. The third-order valence-corrected chi connectivity index (χ3v) is 6.61. The molecule has 0 atom stereocenters. The largest absolute Gasteiger partial charge is 0.490 e. The molecule has 29 heavy (non-hydrogen) atoms. The zero-order valence-corrected chi connectivity index (χ0v) is 17.3. The van der Waals surface area contributed by atoms with Crippen LogP contribution in [0.3, 0.4) is 0 Å². The Labute approximate surface area is 174 Å². The lowest BCUT2D eigenvalue weighted by Gasteiger charge is -2.28. The van der Waals surface area contributed by atoms with Crippen molar-refractivity contribution in [2.75, 3.05) is 13.2 Å². The summed E-state index contributed by atoms with van der Waals surface area (Å²) in [5.74, 6) is 1.04. The summed E-state index contributed by atoms with van der Waals surface area (Å²) in [6.45, 7) is 1.06. The van der Waals surface area contributed by atoms with Crippen LogP contribution < -0.4 is 18.9 Å². The van der Waals surface area contributed by atoms with Gasteiger partial charge in [0.15, 0.2) is 11.5 Å². The summed E-state index contributed by atoms with van der Waals surface area (Å²) in [5.41, 5.74) is 0. The second-order valence-electron chi connectivity index (χ2n) is 7.06. The summed E-state index contributed by atoms with van der Waals surface area (Å²) in [4.78, 5) is 8.24. The van der Waals surface area contributed by atoms with Crippen LogP contribution in [0.4, 0.5) is 0 Å². The number of hydrogen-bond acceptors (Lipinski definition) is 7. The summed E-state index contributed by atoms with van der Waals surface area (Å²) >= 11 is 5.77. The number of rotatable bonds is 5. The van der Waals surface area contributed by atoms with Gasteiger partial charge in [-0.05, 0) is 37.8 Å². The Morgan fingerprint density at radius 1 is 1.03 bits per heavy atom. The molecule has 2 aromatic rings. The first kappa shape index (κ1) is 20.2. The zero-order valence-electron chi connectivity index (χ0n) is 15.7. The molecule has 1 saturated carbocycles. The molecular weight excluding hydrogens is 418 g/mol. The van der Waals surface area contributed by atoms with E-state index in [1.165, 1.54) is 18.5 Å². The molecule has 0 saturated heterocycles. The van der Waals surface area contributed by atoms with Crippen LogP contribution in [0.15, 0.2) is 35.5 Å². The molecule has 8 nitrogen and oxygen atoms in total. The summed E-state index contributed by atoms with van der Waals surface area (Å²) in [5, 5.41) is 0.449. The number of halogens is 1. The predicted molar refractivity (Wildman–Crippen MR) is 106 cm³/mol. The van der Waals surface area contributed by atoms with E-state index < -0.39 is 10.0 Å². The van der Waals surface area contributed by atoms with Gasteiger partial charge in [0.1, 0.15) is 6.10 Å². The number of benzene rings is 1. The normalized spacial score (nSPS) is 22.0. The maximum atomic E-state index is 12.8. The van der Waals surface area contributed by atoms with Gasteiger partial charge in [0, 0.05) is 18.5 Å². The van der Waals surface area contributed by atoms with E-state index in [-0.39, 0.29) is 23.1 Å². The minimum atomic E-state index is -3.65. The van der Waals surface area contributed by atoms with Crippen molar-refractivity contribution in [2.24, 2.45) is 0 Å². The maximum absolute atomic E-state index is 12.8. The number of sulfonamides is 1.